The Kier molecular flexibility index (Phi) is 1590. The van der Waals surface area contributed by atoms with Gasteiger partial charge in [-0.2, -0.15) is 13.8 Å². The second-order valence-corrected chi connectivity index (χ2v) is 0. The van der Waals surface area contributed by atoms with E-state index < -0.39 is 0 Å². The van der Waals surface area contributed by atoms with Crippen LogP contribution in [0.4, 0.5) is 0 Å². The zero-order chi connectivity index (χ0) is 6.00. The van der Waals surface area contributed by atoms with Crippen molar-refractivity contribution in [1.82, 2.24) is 0 Å². The standard InChI is InChI=1S/2C2H5.O.Zn/c2*1-2;;/h2*1H2,2H3;;/q2*-1;;. The van der Waals surface area contributed by atoms with Crippen molar-refractivity contribution in [3.63, 3.8) is 0 Å². The Balaban J connectivity index is -0.0000000225. The van der Waals surface area contributed by atoms with Crippen LogP contribution in [0.2, 0.25) is 0 Å². The third-order valence-corrected chi connectivity index (χ3v) is 0. The van der Waals surface area contributed by atoms with E-state index in [9.17, 15) is 0 Å². The minimum absolute atomic E-state index is 0.125. The Morgan fingerprint density at radius 1 is 1.00 bits per heavy atom. The Bertz CT molecular complexity index is 7.51. The number of hydrogen-bond acceptors (Lipinski definition) is 1. The Hall–Kier alpha value is 0.423. The average molecular weight is 140 g/mol. The van der Waals surface area contributed by atoms with Crippen LogP contribution in [0.1, 0.15) is 13.8 Å². The van der Waals surface area contributed by atoms with E-state index in [-0.39, 0.29) is 18.3 Å². The van der Waals surface area contributed by atoms with Gasteiger partial charge in [-0.1, -0.05) is 0 Å². The SMILES string of the molecule is [CH2-]C.[CH2-]C.[O]=[Zn]. The molecule has 36 valence electrons. The molecule has 0 N–H and O–H groups in total. The molecule has 0 amide bonds. The first-order chi connectivity index (χ1) is 3.00. The molecule has 1 nitrogen and oxygen atoms in total. The molecule has 0 saturated carbocycles. The van der Waals surface area contributed by atoms with Crippen LogP contribution in [0.5, 0.6) is 0 Å². The van der Waals surface area contributed by atoms with Crippen molar-refractivity contribution in [2.24, 2.45) is 0 Å². The molecule has 0 radical (unpaired) electrons. The van der Waals surface area contributed by atoms with E-state index in [1.807, 2.05) is 0 Å². The summed E-state index contributed by atoms with van der Waals surface area (Å²) in [6, 6.07) is 0. The average Bonchev–Trinajstić information content (AvgIpc) is 1.81. The molecule has 0 aromatic carbocycles. The molecule has 0 aliphatic heterocycles. The molecule has 0 heterocycles. The van der Waals surface area contributed by atoms with Gasteiger partial charge in [0, 0.05) is 0 Å². The van der Waals surface area contributed by atoms with Crippen LogP contribution in [-0.2, 0) is 21.8 Å². The zero-order valence-corrected chi connectivity index (χ0v) is 7.50. The summed E-state index contributed by atoms with van der Waals surface area (Å²) in [7, 11) is 0. The number of rotatable bonds is 0. The van der Waals surface area contributed by atoms with Crippen molar-refractivity contribution in [2.75, 3.05) is 0 Å². The van der Waals surface area contributed by atoms with E-state index in [1.54, 1.807) is 13.8 Å². The molecule has 2 heteroatoms. The summed E-state index contributed by atoms with van der Waals surface area (Å²) in [6.45, 7) is 10.0. The summed E-state index contributed by atoms with van der Waals surface area (Å²) in [5.41, 5.74) is 0. The van der Waals surface area contributed by atoms with Gasteiger partial charge in [0.25, 0.3) is 0 Å². The first-order valence-electron chi connectivity index (χ1n) is 1.70. The molecular formula is C4H10OZn-2. The summed E-state index contributed by atoms with van der Waals surface area (Å²) < 4.78 is 8.38. The molecule has 6 heavy (non-hydrogen) atoms. The maximum atomic E-state index is 8.38. The fourth-order valence-electron chi connectivity index (χ4n) is 0. The molecule has 0 bridgehead atoms. The van der Waals surface area contributed by atoms with Crippen LogP contribution in [0.25, 0.3) is 0 Å². The third kappa shape index (κ3) is 289. The first kappa shape index (κ1) is 16.1. The van der Waals surface area contributed by atoms with Crippen molar-refractivity contribution in [3.8, 4) is 0 Å². The minimum atomic E-state index is 0.125. The molecule has 0 aromatic rings. The van der Waals surface area contributed by atoms with Gasteiger partial charge < -0.3 is 13.8 Å². The van der Waals surface area contributed by atoms with Gasteiger partial charge in [-0.05, 0) is 0 Å². The van der Waals surface area contributed by atoms with Crippen LogP contribution in [0, 0.1) is 13.8 Å². The van der Waals surface area contributed by atoms with Gasteiger partial charge in [-0.25, -0.2) is 0 Å². The fraction of sp³-hybridized carbons (Fsp3) is 0.500. The quantitative estimate of drug-likeness (QED) is 0.368. The van der Waals surface area contributed by atoms with Crippen LogP contribution >= 0.6 is 0 Å². The zero-order valence-electron chi connectivity index (χ0n) is 4.53. The molecule has 0 aromatic heterocycles. The van der Waals surface area contributed by atoms with Crippen molar-refractivity contribution in [3.05, 3.63) is 13.8 Å². The van der Waals surface area contributed by atoms with Crippen molar-refractivity contribution in [2.45, 2.75) is 13.8 Å². The van der Waals surface area contributed by atoms with Gasteiger partial charge in [0.1, 0.15) is 0 Å². The van der Waals surface area contributed by atoms with E-state index in [1.165, 1.54) is 0 Å². The molecule has 0 atom stereocenters. The van der Waals surface area contributed by atoms with Crippen LogP contribution in [-0.4, -0.2) is 0 Å². The predicted octanol–water partition coefficient (Wildman–Crippen LogP) is 1.56. The van der Waals surface area contributed by atoms with Gasteiger partial charge in [0.2, 0.25) is 0 Å². The van der Waals surface area contributed by atoms with Crippen molar-refractivity contribution >= 4 is 0 Å². The van der Waals surface area contributed by atoms with E-state index >= 15 is 0 Å². The van der Waals surface area contributed by atoms with E-state index in [0.29, 0.717) is 0 Å². The molecule has 0 saturated heterocycles. The van der Waals surface area contributed by atoms with Crippen LogP contribution in [0.15, 0.2) is 0 Å². The second-order valence-electron chi connectivity index (χ2n) is 0. The molecule has 0 fully saturated rings. The summed E-state index contributed by atoms with van der Waals surface area (Å²) in [5, 5.41) is 0. The van der Waals surface area contributed by atoms with Crippen LogP contribution in [0.3, 0.4) is 0 Å². The third-order valence-electron chi connectivity index (χ3n) is 0. The topological polar surface area (TPSA) is 17.1 Å². The summed E-state index contributed by atoms with van der Waals surface area (Å²) in [5.74, 6) is 0. The van der Waals surface area contributed by atoms with Crippen LogP contribution < -0.4 is 0 Å². The van der Waals surface area contributed by atoms with Crippen molar-refractivity contribution in [1.29, 1.82) is 0 Å². The Labute approximate surface area is 50.1 Å². The fourth-order valence-corrected chi connectivity index (χ4v) is 0. The van der Waals surface area contributed by atoms with E-state index in [4.69, 9.17) is 3.57 Å². The maximum absolute atomic E-state index is 8.38. The van der Waals surface area contributed by atoms with E-state index in [2.05, 4.69) is 13.8 Å². The summed E-state index contributed by atoms with van der Waals surface area (Å²) in [4.78, 5) is 0. The van der Waals surface area contributed by atoms with Gasteiger partial charge >= 0.3 is 21.8 Å². The van der Waals surface area contributed by atoms with Gasteiger partial charge in [-0.15, -0.1) is 0 Å². The summed E-state index contributed by atoms with van der Waals surface area (Å²) in [6.07, 6.45) is 0. The molecular weight excluding hydrogens is 129 g/mol. The van der Waals surface area contributed by atoms with Gasteiger partial charge in [0.05, 0.1) is 0 Å². The molecule has 0 unspecified atom stereocenters. The van der Waals surface area contributed by atoms with Gasteiger partial charge in [-0.3, -0.25) is 0 Å². The molecule has 0 aliphatic carbocycles. The molecule has 0 aliphatic rings. The number of hydrogen-bond donors (Lipinski definition) is 0. The van der Waals surface area contributed by atoms with E-state index in [0.717, 1.165) is 0 Å². The predicted molar refractivity (Wildman–Crippen MR) is 22.7 cm³/mol. The normalized spacial score (nSPS) is 3.00. The second kappa shape index (κ2) is 592. The molecule has 0 rings (SSSR count). The molecule has 0 spiro atoms. The van der Waals surface area contributed by atoms with Gasteiger partial charge in [0.15, 0.2) is 0 Å². The summed E-state index contributed by atoms with van der Waals surface area (Å²) >= 11 is 0.125. The van der Waals surface area contributed by atoms with Crippen molar-refractivity contribution < 1.29 is 21.8 Å². The first-order valence-corrected chi connectivity index (χ1v) is 2.91. The Morgan fingerprint density at radius 3 is 1.00 bits per heavy atom. The Morgan fingerprint density at radius 2 is 1.00 bits per heavy atom. The monoisotopic (exact) mass is 138 g/mol.